The molecular weight excluding hydrogens is 316 g/mol. The molecule has 1 aromatic carbocycles. The van der Waals surface area contributed by atoms with Crippen molar-refractivity contribution in [1.29, 1.82) is 5.26 Å². The van der Waals surface area contributed by atoms with Gasteiger partial charge in [0.1, 0.15) is 5.76 Å². The largest absolute Gasteiger partial charge is 0.360 e. The number of aromatic nitrogens is 1. The Bertz CT molecular complexity index is 743. The van der Waals surface area contributed by atoms with E-state index in [1.54, 1.807) is 30.3 Å². The molecule has 2 N–H and O–H groups in total. The van der Waals surface area contributed by atoms with Crippen molar-refractivity contribution in [2.24, 2.45) is 0 Å². The maximum absolute atomic E-state index is 12.3. The standard InChI is InChI=1S/C16H17ClN4O2/c1-16(2,3)14-8-12(21-23-14)15(22)13(9-18)20-19-11-6-4-5-10(17)7-11/h4-8,13,19-20H,1-3H3. The molecule has 0 radical (unpaired) electrons. The number of halogens is 1. The third-order valence-corrected chi connectivity index (χ3v) is 3.31. The number of carbonyl (C=O) groups excluding carboxylic acids is 1. The first-order valence-electron chi connectivity index (χ1n) is 6.99. The first-order chi connectivity index (χ1) is 10.8. The van der Waals surface area contributed by atoms with Gasteiger partial charge in [0, 0.05) is 16.5 Å². The maximum Gasteiger partial charge on any atom is 0.217 e. The van der Waals surface area contributed by atoms with Gasteiger partial charge in [-0.1, -0.05) is 43.6 Å². The molecule has 1 aromatic heterocycles. The summed E-state index contributed by atoms with van der Waals surface area (Å²) in [5.41, 5.74) is 5.94. The number of hydrogen-bond acceptors (Lipinski definition) is 6. The quantitative estimate of drug-likeness (QED) is 0.644. The van der Waals surface area contributed by atoms with Crippen LogP contribution in [0.5, 0.6) is 0 Å². The smallest absolute Gasteiger partial charge is 0.217 e. The maximum atomic E-state index is 12.3. The average Bonchev–Trinajstić information content (AvgIpc) is 2.97. The molecule has 6 nitrogen and oxygen atoms in total. The van der Waals surface area contributed by atoms with Crippen molar-refractivity contribution >= 4 is 23.1 Å². The summed E-state index contributed by atoms with van der Waals surface area (Å²) in [5.74, 6) is 0.113. The highest BCUT2D eigenvalue weighted by Gasteiger charge is 2.26. The Morgan fingerprint density at radius 2 is 2.13 bits per heavy atom. The molecule has 0 aliphatic carbocycles. The van der Waals surface area contributed by atoms with Gasteiger partial charge in [-0.3, -0.25) is 4.79 Å². The number of hydrazine groups is 1. The fourth-order valence-corrected chi connectivity index (χ4v) is 1.96. The second kappa shape index (κ2) is 6.82. The molecule has 2 rings (SSSR count). The molecule has 2 aromatic rings. The van der Waals surface area contributed by atoms with Crippen molar-refractivity contribution in [3.05, 3.63) is 46.8 Å². The number of hydrogen-bond donors (Lipinski definition) is 2. The minimum Gasteiger partial charge on any atom is -0.360 e. The molecule has 0 saturated heterocycles. The zero-order valence-corrected chi connectivity index (χ0v) is 13.8. The molecule has 7 heteroatoms. The molecular formula is C16H17ClN4O2. The van der Waals surface area contributed by atoms with Gasteiger partial charge in [-0.15, -0.1) is 0 Å². The predicted octanol–water partition coefficient (Wildman–Crippen LogP) is 3.32. The first kappa shape index (κ1) is 17.0. The number of nitrogens with one attached hydrogen (secondary N) is 2. The number of nitriles is 1. The van der Waals surface area contributed by atoms with Crippen molar-refractivity contribution in [2.75, 3.05) is 5.43 Å². The van der Waals surface area contributed by atoms with Crippen LogP contribution in [-0.2, 0) is 5.41 Å². The molecule has 0 aliphatic rings. The topological polar surface area (TPSA) is 91.0 Å². The molecule has 0 saturated carbocycles. The Balaban J connectivity index is 2.07. The Kier molecular flexibility index (Phi) is 5.04. The molecule has 23 heavy (non-hydrogen) atoms. The van der Waals surface area contributed by atoms with E-state index in [9.17, 15) is 10.1 Å². The van der Waals surface area contributed by atoms with Crippen molar-refractivity contribution in [3.8, 4) is 6.07 Å². The predicted molar refractivity (Wildman–Crippen MR) is 87.1 cm³/mol. The van der Waals surface area contributed by atoms with E-state index in [1.807, 2.05) is 26.8 Å². The number of Topliss-reactive ketones (excluding diaryl/α,β-unsaturated/α-hetero) is 1. The number of anilines is 1. The number of carbonyl (C=O) groups is 1. The second-order valence-corrected chi connectivity index (χ2v) is 6.47. The molecule has 0 fully saturated rings. The monoisotopic (exact) mass is 332 g/mol. The minimum absolute atomic E-state index is 0.113. The molecule has 1 heterocycles. The van der Waals surface area contributed by atoms with Gasteiger partial charge in [-0.2, -0.15) is 5.26 Å². The summed E-state index contributed by atoms with van der Waals surface area (Å²) >= 11 is 5.88. The summed E-state index contributed by atoms with van der Waals surface area (Å²) in [6.07, 6.45) is 0. The van der Waals surface area contributed by atoms with Crippen molar-refractivity contribution in [3.63, 3.8) is 0 Å². The third-order valence-electron chi connectivity index (χ3n) is 3.08. The van der Waals surface area contributed by atoms with Crippen LogP contribution >= 0.6 is 11.6 Å². The zero-order chi connectivity index (χ0) is 17.0. The first-order valence-corrected chi connectivity index (χ1v) is 7.37. The summed E-state index contributed by atoms with van der Waals surface area (Å²) in [6.45, 7) is 5.84. The molecule has 0 bridgehead atoms. The van der Waals surface area contributed by atoms with Crippen molar-refractivity contribution in [2.45, 2.75) is 32.2 Å². The summed E-state index contributed by atoms with van der Waals surface area (Å²) in [5, 5.41) is 13.5. The lowest BCUT2D eigenvalue weighted by atomic mass is 9.93. The van der Waals surface area contributed by atoms with Gasteiger partial charge in [0.05, 0.1) is 11.8 Å². The summed E-state index contributed by atoms with van der Waals surface area (Å²) in [6, 6.07) is 9.26. The van der Waals surface area contributed by atoms with Crippen molar-refractivity contribution in [1.82, 2.24) is 10.6 Å². The van der Waals surface area contributed by atoms with E-state index >= 15 is 0 Å². The Hall–Kier alpha value is -2.36. The normalized spacial score (nSPS) is 12.5. The van der Waals surface area contributed by atoms with Crippen LogP contribution in [0.1, 0.15) is 37.0 Å². The molecule has 120 valence electrons. The van der Waals surface area contributed by atoms with Gasteiger partial charge in [0.15, 0.2) is 11.7 Å². The minimum atomic E-state index is -1.10. The summed E-state index contributed by atoms with van der Waals surface area (Å²) in [4.78, 5) is 12.3. The van der Waals surface area contributed by atoms with Gasteiger partial charge in [0.25, 0.3) is 0 Å². The second-order valence-electron chi connectivity index (χ2n) is 6.03. The highest BCUT2D eigenvalue weighted by Crippen LogP contribution is 2.23. The highest BCUT2D eigenvalue weighted by molar-refractivity contribution is 6.30. The van der Waals surface area contributed by atoms with Gasteiger partial charge in [-0.05, 0) is 18.2 Å². The lowest BCUT2D eigenvalue weighted by Crippen LogP contribution is -2.39. The van der Waals surface area contributed by atoms with Gasteiger partial charge < -0.3 is 9.95 Å². The highest BCUT2D eigenvalue weighted by atomic mass is 35.5. The van der Waals surface area contributed by atoms with E-state index in [0.717, 1.165) is 0 Å². The van der Waals surface area contributed by atoms with Gasteiger partial charge >= 0.3 is 0 Å². The Morgan fingerprint density at radius 3 is 2.70 bits per heavy atom. The van der Waals surface area contributed by atoms with E-state index in [-0.39, 0.29) is 11.1 Å². The fraction of sp³-hybridized carbons (Fsp3) is 0.312. The van der Waals surface area contributed by atoms with Crippen LogP contribution in [-0.4, -0.2) is 17.0 Å². The number of ketones is 1. The van der Waals surface area contributed by atoms with E-state index in [1.165, 1.54) is 0 Å². The van der Waals surface area contributed by atoms with Crippen LogP contribution in [0.15, 0.2) is 34.9 Å². The Labute approximate surface area is 139 Å². The Morgan fingerprint density at radius 1 is 1.39 bits per heavy atom. The lowest BCUT2D eigenvalue weighted by molar-refractivity contribution is 0.0960. The van der Waals surface area contributed by atoms with E-state index in [4.69, 9.17) is 16.1 Å². The van der Waals surface area contributed by atoms with Crippen LogP contribution in [0.25, 0.3) is 0 Å². The number of nitrogens with zero attached hydrogens (tertiary/aromatic N) is 2. The number of rotatable bonds is 5. The molecule has 1 unspecified atom stereocenters. The van der Waals surface area contributed by atoms with E-state index in [0.29, 0.717) is 16.5 Å². The fourth-order valence-electron chi connectivity index (χ4n) is 1.77. The van der Waals surface area contributed by atoms with Crippen LogP contribution in [0.2, 0.25) is 5.02 Å². The third kappa shape index (κ3) is 4.31. The summed E-state index contributed by atoms with van der Waals surface area (Å²) < 4.78 is 5.18. The van der Waals surface area contributed by atoms with Crippen LogP contribution in [0.4, 0.5) is 5.69 Å². The van der Waals surface area contributed by atoms with E-state index in [2.05, 4.69) is 16.0 Å². The van der Waals surface area contributed by atoms with E-state index < -0.39 is 11.8 Å². The molecule has 0 aliphatic heterocycles. The van der Waals surface area contributed by atoms with Crippen molar-refractivity contribution < 1.29 is 9.32 Å². The van der Waals surface area contributed by atoms with Gasteiger partial charge in [-0.25, -0.2) is 5.43 Å². The van der Waals surface area contributed by atoms with Gasteiger partial charge in [0.2, 0.25) is 5.78 Å². The lowest BCUT2D eigenvalue weighted by Gasteiger charge is -2.12. The number of benzene rings is 1. The molecule has 1 atom stereocenters. The van der Waals surface area contributed by atoms with Crippen LogP contribution in [0.3, 0.4) is 0 Å². The van der Waals surface area contributed by atoms with Crippen LogP contribution < -0.4 is 10.9 Å². The zero-order valence-electron chi connectivity index (χ0n) is 13.1. The summed E-state index contributed by atoms with van der Waals surface area (Å²) in [7, 11) is 0. The molecule has 0 spiro atoms. The molecule has 0 amide bonds. The van der Waals surface area contributed by atoms with Crippen LogP contribution in [0, 0.1) is 11.3 Å². The average molecular weight is 333 g/mol. The SMILES string of the molecule is CC(C)(C)c1cc(C(=O)C(C#N)NNc2cccc(Cl)c2)no1.